The highest BCUT2D eigenvalue weighted by molar-refractivity contribution is 5.70. The molecule has 0 rings (SSSR count). The number of hydrogen-bond acceptors (Lipinski definition) is 2. The minimum Gasteiger partial charge on any atom is -0.481 e. The Morgan fingerprint density at radius 1 is 0.583 bits per heavy atom. The predicted octanol–water partition coefficient (Wildman–Crippen LogP) is 5.89. The number of rotatable bonds is 17. The van der Waals surface area contributed by atoms with Gasteiger partial charge in [0.1, 0.15) is 0 Å². The van der Waals surface area contributed by atoms with Gasteiger partial charge >= 0.3 is 11.9 Å². The van der Waals surface area contributed by atoms with Crippen molar-refractivity contribution in [1.29, 1.82) is 0 Å². The molecule has 2 unspecified atom stereocenters. The molecule has 0 saturated carbocycles. The van der Waals surface area contributed by atoms with Crippen LogP contribution in [0.25, 0.3) is 0 Å². The van der Waals surface area contributed by atoms with E-state index in [1.54, 1.807) is 0 Å². The number of aliphatic carboxylic acids is 2. The van der Waals surface area contributed by atoms with Crippen LogP contribution in [0.5, 0.6) is 0 Å². The van der Waals surface area contributed by atoms with E-state index in [4.69, 9.17) is 0 Å². The van der Waals surface area contributed by atoms with Crippen LogP contribution in [0.15, 0.2) is 0 Å². The average molecular weight is 343 g/mol. The molecule has 0 saturated heterocycles. The maximum absolute atomic E-state index is 11.2. The first kappa shape index (κ1) is 22.9. The summed E-state index contributed by atoms with van der Waals surface area (Å²) in [6.07, 6.45) is 13.5. The fraction of sp³-hybridized carbons (Fsp3) is 0.900. The molecule has 4 heteroatoms. The molecule has 4 nitrogen and oxygen atoms in total. The zero-order valence-corrected chi connectivity index (χ0v) is 15.8. The molecule has 0 aromatic carbocycles. The van der Waals surface area contributed by atoms with Crippen LogP contribution in [-0.4, -0.2) is 22.2 Å². The van der Waals surface area contributed by atoms with Gasteiger partial charge in [0.2, 0.25) is 0 Å². The molecule has 0 aliphatic rings. The lowest BCUT2D eigenvalue weighted by atomic mass is 9.93. The van der Waals surface area contributed by atoms with Crippen LogP contribution < -0.4 is 0 Å². The molecule has 0 amide bonds. The van der Waals surface area contributed by atoms with E-state index < -0.39 is 11.9 Å². The number of unbranched alkanes of at least 4 members (excludes halogenated alkanes) is 7. The number of carbonyl (C=O) groups is 2. The third-order valence-electron chi connectivity index (χ3n) is 4.87. The van der Waals surface area contributed by atoms with E-state index in [0.29, 0.717) is 0 Å². The minimum atomic E-state index is -0.659. The number of carboxylic acid groups (broad SMARTS) is 2. The van der Waals surface area contributed by atoms with Crippen LogP contribution in [0, 0.1) is 11.8 Å². The lowest BCUT2D eigenvalue weighted by Crippen LogP contribution is -2.14. The second kappa shape index (κ2) is 15.5. The molecule has 2 N–H and O–H groups in total. The molecular formula is C20H38O4. The molecule has 0 spiro atoms. The van der Waals surface area contributed by atoms with Gasteiger partial charge in [-0.15, -0.1) is 0 Å². The summed E-state index contributed by atoms with van der Waals surface area (Å²) in [5, 5.41) is 18.5. The maximum atomic E-state index is 11.2. The first-order valence-corrected chi connectivity index (χ1v) is 9.98. The molecule has 0 heterocycles. The van der Waals surface area contributed by atoms with Crippen molar-refractivity contribution >= 4 is 11.9 Å². The Morgan fingerprint density at radius 2 is 0.875 bits per heavy atom. The van der Waals surface area contributed by atoms with Crippen molar-refractivity contribution in [3.8, 4) is 0 Å². The largest absolute Gasteiger partial charge is 0.481 e. The third kappa shape index (κ3) is 12.4. The van der Waals surface area contributed by atoms with E-state index in [1.165, 1.54) is 0 Å². The van der Waals surface area contributed by atoms with Crippen molar-refractivity contribution in [1.82, 2.24) is 0 Å². The lowest BCUT2D eigenvalue weighted by molar-refractivity contribution is -0.143. The van der Waals surface area contributed by atoms with Crippen molar-refractivity contribution in [2.24, 2.45) is 11.8 Å². The Bertz CT molecular complexity index is 296. The van der Waals surface area contributed by atoms with E-state index in [9.17, 15) is 19.8 Å². The van der Waals surface area contributed by atoms with Gasteiger partial charge < -0.3 is 10.2 Å². The monoisotopic (exact) mass is 342 g/mol. The van der Waals surface area contributed by atoms with Crippen molar-refractivity contribution in [2.75, 3.05) is 0 Å². The first-order valence-electron chi connectivity index (χ1n) is 9.98. The summed E-state index contributed by atoms with van der Waals surface area (Å²) in [5.74, 6) is -1.71. The molecular weight excluding hydrogens is 304 g/mol. The van der Waals surface area contributed by atoms with Crippen molar-refractivity contribution in [3.05, 3.63) is 0 Å². The number of carboxylic acids is 2. The van der Waals surface area contributed by atoms with Crippen LogP contribution in [0.3, 0.4) is 0 Å². The second-order valence-corrected chi connectivity index (χ2v) is 7.05. The van der Waals surface area contributed by atoms with Crippen LogP contribution in [0.2, 0.25) is 0 Å². The zero-order chi connectivity index (χ0) is 18.2. The molecule has 0 aliphatic heterocycles. The Labute approximate surface area is 148 Å². The topological polar surface area (TPSA) is 74.6 Å². The molecule has 2 atom stereocenters. The molecule has 142 valence electrons. The molecule has 0 aliphatic carbocycles. The van der Waals surface area contributed by atoms with Crippen LogP contribution in [-0.2, 0) is 9.59 Å². The molecule has 0 bridgehead atoms. The molecule has 0 aromatic rings. The SMILES string of the molecule is CCCCCC(CCCCCCC(CCCCC)C(=O)O)C(=O)O. The van der Waals surface area contributed by atoms with E-state index in [2.05, 4.69) is 13.8 Å². The zero-order valence-electron chi connectivity index (χ0n) is 15.8. The van der Waals surface area contributed by atoms with Gasteiger partial charge in [-0.3, -0.25) is 9.59 Å². The van der Waals surface area contributed by atoms with Crippen LogP contribution in [0.1, 0.15) is 104 Å². The summed E-state index contributed by atoms with van der Waals surface area (Å²) in [4.78, 5) is 22.5. The fourth-order valence-corrected chi connectivity index (χ4v) is 3.20. The fourth-order valence-electron chi connectivity index (χ4n) is 3.20. The van der Waals surface area contributed by atoms with E-state index in [1.807, 2.05) is 0 Å². The molecule has 0 aromatic heterocycles. The average Bonchev–Trinajstić information content (AvgIpc) is 2.54. The standard InChI is InChI=1S/C20H38O4/c1-3-5-9-13-17(19(21)22)15-11-7-8-12-16-18(20(23)24)14-10-6-4-2/h17-18H,3-16H2,1-2H3,(H,21,22)(H,23,24). The van der Waals surface area contributed by atoms with Crippen molar-refractivity contribution < 1.29 is 19.8 Å². The highest BCUT2D eigenvalue weighted by Crippen LogP contribution is 2.21. The normalized spacial score (nSPS) is 13.6. The summed E-state index contributed by atoms with van der Waals surface area (Å²) >= 11 is 0. The third-order valence-corrected chi connectivity index (χ3v) is 4.87. The first-order chi connectivity index (χ1) is 11.5. The van der Waals surface area contributed by atoms with Gasteiger partial charge in [-0.25, -0.2) is 0 Å². The quantitative estimate of drug-likeness (QED) is 0.323. The Morgan fingerprint density at radius 3 is 1.12 bits per heavy atom. The Balaban J connectivity index is 3.81. The van der Waals surface area contributed by atoms with Gasteiger partial charge in [0.25, 0.3) is 0 Å². The van der Waals surface area contributed by atoms with E-state index >= 15 is 0 Å². The van der Waals surface area contributed by atoms with Crippen molar-refractivity contribution in [3.63, 3.8) is 0 Å². The maximum Gasteiger partial charge on any atom is 0.306 e. The summed E-state index contributed by atoms with van der Waals surface area (Å²) in [6.45, 7) is 4.25. The van der Waals surface area contributed by atoms with Crippen molar-refractivity contribution in [2.45, 2.75) is 104 Å². The summed E-state index contributed by atoms with van der Waals surface area (Å²) < 4.78 is 0. The Hall–Kier alpha value is -1.06. The van der Waals surface area contributed by atoms with Gasteiger partial charge in [0.15, 0.2) is 0 Å². The lowest BCUT2D eigenvalue weighted by Gasteiger charge is -2.13. The van der Waals surface area contributed by atoms with Gasteiger partial charge in [0, 0.05) is 0 Å². The van der Waals surface area contributed by atoms with Crippen LogP contribution in [0.4, 0.5) is 0 Å². The van der Waals surface area contributed by atoms with E-state index in [-0.39, 0.29) is 11.8 Å². The summed E-state index contributed by atoms with van der Waals surface area (Å²) in [6, 6.07) is 0. The smallest absolute Gasteiger partial charge is 0.306 e. The van der Waals surface area contributed by atoms with Gasteiger partial charge in [-0.2, -0.15) is 0 Å². The van der Waals surface area contributed by atoms with Crippen LogP contribution >= 0.6 is 0 Å². The molecule has 24 heavy (non-hydrogen) atoms. The molecule has 0 fully saturated rings. The predicted molar refractivity (Wildman–Crippen MR) is 98.2 cm³/mol. The van der Waals surface area contributed by atoms with Gasteiger partial charge in [-0.05, 0) is 25.7 Å². The second-order valence-electron chi connectivity index (χ2n) is 7.05. The molecule has 0 radical (unpaired) electrons. The van der Waals surface area contributed by atoms with E-state index in [0.717, 1.165) is 89.9 Å². The Kier molecular flexibility index (Phi) is 14.8. The van der Waals surface area contributed by atoms with Gasteiger partial charge in [-0.1, -0.05) is 78.1 Å². The summed E-state index contributed by atoms with van der Waals surface area (Å²) in [7, 11) is 0. The summed E-state index contributed by atoms with van der Waals surface area (Å²) in [5.41, 5.74) is 0. The van der Waals surface area contributed by atoms with Gasteiger partial charge in [0.05, 0.1) is 11.8 Å². The minimum absolute atomic E-state index is 0.197. The number of hydrogen-bond donors (Lipinski definition) is 2. The highest BCUT2D eigenvalue weighted by atomic mass is 16.4. The highest BCUT2D eigenvalue weighted by Gasteiger charge is 2.17.